The SMILES string of the molecule is O=C(c1ccc2nc(-c3ccc(F)cc3)cn2c1)N1CC(c2cccnc2)C1. The van der Waals surface area contributed by atoms with Crippen LogP contribution < -0.4 is 0 Å². The van der Waals surface area contributed by atoms with E-state index in [0.717, 1.165) is 16.9 Å². The Balaban J connectivity index is 1.35. The number of fused-ring (bicyclic) bond motifs is 1. The first kappa shape index (κ1) is 16.6. The van der Waals surface area contributed by atoms with Crippen molar-refractivity contribution in [2.75, 3.05) is 13.1 Å². The predicted octanol–water partition coefficient (Wildman–Crippen LogP) is 3.78. The molecule has 1 fully saturated rings. The summed E-state index contributed by atoms with van der Waals surface area (Å²) < 4.78 is 15.0. The van der Waals surface area contributed by atoms with E-state index in [2.05, 4.69) is 9.97 Å². The fourth-order valence-electron chi connectivity index (χ4n) is 3.53. The summed E-state index contributed by atoms with van der Waals surface area (Å²) in [7, 11) is 0. The third-order valence-electron chi connectivity index (χ3n) is 5.16. The number of halogens is 1. The van der Waals surface area contributed by atoms with Crippen molar-refractivity contribution in [2.45, 2.75) is 5.92 Å². The molecule has 5 nitrogen and oxygen atoms in total. The van der Waals surface area contributed by atoms with Crippen LogP contribution in [-0.4, -0.2) is 38.3 Å². The lowest BCUT2D eigenvalue weighted by Crippen LogP contribution is -2.48. The molecule has 6 heteroatoms. The van der Waals surface area contributed by atoms with Crippen LogP contribution in [0.5, 0.6) is 0 Å². The molecule has 0 unspecified atom stereocenters. The molecular formula is C22H17FN4O. The van der Waals surface area contributed by atoms with E-state index in [9.17, 15) is 9.18 Å². The molecule has 1 amide bonds. The molecule has 0 aliphatic carbocycles. The standard InChI is InChI=1S/C22H17FN4O/c23-19-6-3-15(4-7-19)20-14-26-11-17(5-8-21(26)25-20)22(28)27-12-18(13-27)16-2-1-9-24-10-16/h1-11,14,18H,12-13H2. The van der Waals surface area contributed by atoms with Gasteiger partial charge in [0.05, 0.1) is 11.3 Å². The Morgan fingerprint density at radius 3 is 2.61 bits per heavy atom. The minimum atomic E-state index is -0.278. The molecule has 0 atom stereocenters. The largest absolute Gasteiger partial charge is 0.337 e. The van der Waals surface area contributed by atoms with Gasteiger partial charge in [0.25, 0.3) is 5.91 Å². The molecule has 1 aliphatic rings. The Morgan fingerprint density at radius 2 is 1.86 bits per heavy atom. The highest BCUT2D eigenvalue weighted by Crippen LogP contribution is 2.28. The lowest BCUT2D eigenvalue weighted by Gasteiger charge is -2.39. The third-order valence-corrected chi connectivity index (χ3v) is 5.16. The number of hydrogen-bond acceptors (Lipinski definition) is 3. The predicted molar refractivity (Wildman–Crippen MR) is 103 cm³/mol. The Kier molecular flexibility index (Phi) is 3.90. The number of nitrogens with zero attached hydrogens (tertiary/aromatic N) is 4. The van der Waals surface area contributed by atoms with E-state index in [1.807, 2.05) is 39.9 Å². The van der Waals surface area contributed by atoms with Gasteiger partial charge in [0.15, 0.2) is 0 Å². The van der Waals surface area contributed by atoms with Crippen LogP contribution in [0.1, 0.15) is 21.8 Å². The summed E-state index contributed by atoms with van der Waals surface area (Å²) in [5.74, 6) is 0.0818. The van der Waals surface area contributed by atoms with E-state index in [1.165, 1.54) is 17.7 Å². The van der Waals surface area contributed by atoms with E-state index in [0.29, 0.717) is 24.6 Å². The summed E-state index contributed by atoms with van der Waals surface area (Å²) >= 11 is 0. The maximum atomic E-state index is 13.1. The zero-order chi connectivity index (χ0) is 19.1. The number of carbonyl (C=O) groups excluding carboxylic acids is 1. The van der Waals surface area contributed by atoms with Crippen LogP contribution in [0.15, 0.2) is 73.3 Å². The fraction of sp³-hybridized carbons (Fsp3) is 0.136. The minimum Gasteiger partial charge on any atom is -0.337 e. The number of imidazole rings is 1. The van der Waals surface area contributed by atoms with Gasteiger partial charge in [0, 0.05) is 49.4 Å². The van der Waals surface area contributed by atoms with Gasteiger partial charge in [0.2, 0.25) is 0 Å². The Morgan fingerprint density at radius 1 is 1.04 bits per heavy atom. The van der Waals surface area contributed by atoms with Crippen LogP contribution in [0.25, 0.3) is 16.9 Å². The van der Waals surface area contributed by atoms with Gasteiger partial charge in [-0.3, -0.25) is 9.78 Å². The van der Waals surface area contributed by atoms with E-state index in [4.69, 9.17) is 0 Å². The van der Waals surface area contributed by atoms with Crippen LogP contribution in [-0.2, 0) is 0 Å². The number of hydrogen-bond donors (Lipinski definition) is 0. The summed E-state index contributed by atoms with van der Waals surface area (Å²) in [6, 6.07) is 13.8. The Hall–Kier alpha value is -3.54. The van der Waals surface area contributed by atoms with E-state index in [-0.39, 0.29) is 11.7 Å². The summed E-state index contributed by atoms with van der Waals surface area (Å²) in [5, 5.41) is 0. The van der Waals surface area contributed by atoms with Crippen molar-refractivity contribution in [2.24, 2.45) is 0 Å². The lowest BCUT2D eigenvalue weighted by atomic mass is 9.92. The van der Waals surface area contributed by atoms with Gasteiger partial charge in [-0.2, -0.15) is 0 Å². The second-order valence-electron chi connectivity index (χ2n) is 7.01. The molecule has 138 valence electrons. The average Bonchev–Trinajstić information content (AvgIpc) is 3.11. The van der Waals surface area contributed by atoms with Crippen LogP contribution in [0, 0.1) is 5.82 Å². The molecule has 0 N–H and O–H groups in total. The molecule has 0 bridgehead atoms. The van der Waals surface area contributed by atoms with Crippen LogP contribution >= 0.6 is 0 Å². The first-order valence-electron chi connectivity index (χ1n) is 9.11. The zero-order valence-corrected chi connectivity index (χ0v) is 15.0. The molecule has 1 saturated heterocycles. The maximum absolute atomic E-state index is 13.1. The molecule has 0 saturated carbocycles. The Bertz CT molecular complexity index is 1150. The molecule has 1 aliphatic heterocycles. The topological polar surface area (TPSA) is 50.5 Å². The van der Waals surface area contributed by atoms with Crippen molar-refractivity contribution >= 4 is 11.6 Å². The Labute approximate surface area is 161 Å². The molecule has 4 aromatic rings. The average molecular weight is 372 g/mol. The van der Waals surface area contributed by atoms with Crippen molar-refractivity contribution < 1.29 is 9.18 Å². The summed E-state index contributed by atoms with van der Waals surface area (Å²) in [4.78, 5) is 23.3. The number of rotatable bonds is 3. The van der Waals surface area contributed by atoms with Gasteiger partial charge in [-0.25, -0.2) is 9.37 Å². The van der Waals surface area contributed by atoms with Crippen LogP contribution in [0.4, 0.5) is 4.39 Å². The summed E-state index contributed by atoms with van der Waals surface area (Å²) in [5.41, 5.74) is 4.11. The molecule has 0 spiro atoms. The van der Waals surface area contributed by atoms with Gasteiger partial charge < -0.3 is 9.30 Å². The summed E-state index contributed by atoms with van der Waals surface area (Å²) in [6.07, 6.45) is 7.27. The molecule has 0 radical (unpaired) electrons. The quantitative estimate of drug-likeness (QED) is 0.550. The highest BCUT2D eigenvalue weighted by molar-refractivity contribution is 5.95. The summed E-state index contributed by atoms with van der Waals surface area (Å²) in [6.45, 7) is 1.40. The number of amides is 1. The molecule has 28 heavy (non-hydrogen) atoms. The molecule has 4 heterocycles. The molecule has 1 aromatic carbocycles. The third kappa shape index (κ3) is 2.93. The lowest BCUT2D eigenvalue weighted by molar-refractivity contribution is 0.0601. The highest BCUT2D eigenvalue weighted by Gasteiger charge is 2.32. The van der Waals surface area contributed by atoms with Gasteiger partial charge in [0.1, 0.15) is 11.5 Å². The fourth-order valence-corrected chi connectivity index (χ4v) is 3.53. The van der Waals surface area contributed by atoms with Gasteiger partial charge in [-0.1, -0.05) is 6.07 Å². The van der Waals surface area contributed by atoms with Crippen molar-refractivity contribution in [1.82, 2.24) is 19.3 Å². The zero-order valence-electron chi connectivity index (χ0n) is 15.0. The normalized spacial score (nSPS) is 14.2. The van der Waals surface area contributed by atoms with E-state index in [1.54, 1.807) is 30.6 Å². The van der Waals surface area contributed by atoms with Crippen molar-refractivity contribution in [3.63, 3.8) is 0 Å². The first-order valence-corrected chi connectivity index (χ1v) is 9.11. The van der Waals surface area contributed by atoms with Crippen molar-refractivity contribution in [1.29, 1.82) is 0 Å². The van der Waals surface area contributed by atoms with Gasteiger partial charge in [-0.15, -0.1) is 0 Å². The number of pyridine rings is 2. The molecule has 3 aromatic heterocycles. The molecule has 5 rings (SSSR count). The van der Waals surface area contributed by atoms with E-state index < -0.39 is 0 Å². The monoisotopic (exact) mass is 372 g/mol. The maximum Gasteiger partial charge on any atom is 0.255 e. The van der Waals surface area contributed by atoms with Crippen molar-refractivity contribution in [3.05, 3.63) is 90.3 Å². The molecular weight excluding hydrogens is 355 g/mol. The van der Waals surface area contributed by atoms with Crippen molar-refractivity contribution in [3.8, 4) is 11.3 Å². The number of likely N-dealkylation sites (tertiary alicyclic amines) is 1. The highest BCUT2D eigenvalue weighted by atomic mass is 19.1. The smallest absolute Gasteiger partial charge is 0.255 e. The number of benzene rings is 1. The number of aromatic nitrogens is 3. The second kappa shape index (κ2) is 6.56. The van der Waals surface area contributed by atoms with Gasteiger partial charge in [-0.05, 0) is 48.0 Å². The number of carbonyl (C=O) groups is 1. The van der Waals surface area contributed by atoms with E-state index >= 15 is 0 Å². The first-order chi connectivity index (χ1) is 13.7. The van der Waals surface area contributed by atoms with Crippen LogP contribution in [0.3, 0.4) is 0 Å². The minimum absolute atomic E-state index is 0.0130. The second-order valence-corrected chi connectivity index (χ2v) is 7.01. The van der Waals surface area contributed by atoms with Crippen LogP contribution in [0.2, 0.25) is 0 Å². The van der Waals surface area contributed by atoms with Gasteiger partial charge >= 0.3 is 0 Å².